The van der Waals surface area contributed by atoms with Crippen LogP contribution in [-0.2, 0) is 0 Å². The second-order valence-electron chi connectivity index (χ2n) is 4.54. The van der Waals surface area contributed by atoms with Crippen molar-refractivity contribution in [3.8, 4) is 5.75 Å². The number of methoxy groups -OCH3 is 1. The van der Waals surface area contributed by atoms with Crippen LogP contribution >= 0.6 is 0 Å². The highest BCUT2D eigenvalue weighted by Gasteiger charge is 2.21. The molecule has 1 atom stereocenters. The van der Waals surface area contributed by atoms with E-state index in [1.54, 1.807) is 13.3 Å². The van der Waals surface area contributed by atoms with E-state index in [4.69, 9.17) is 4.74 Å². The van der Waals surface area contributed by atoms with Crippen LogP contribution in [-0.4, -0.2) is 17.9 Å². The summed E-state index contributed by atoms with van der Waals surface area (Å²) in [4.78, 5) is 16.8. The van der Waals surface area contributed by atoms with Crippen LogP contribution < -0.4 is 4.74 Å². The normalized spacial score (nSPS) is 11.9. The van der Waals surface area contributed by atoms with Gasteiger partial charge in [0, 0.05) is 6.20 Å². The number of hydrogen-bond acceptors (Lipinski definition) is 3. The number of nitrogens with zero attached hydrogens (tertiary/aromatic N) is 1. The third kappa shape index (κ3) is 2.81. The smallest absolute Gasteiger partial charge is 0.175 e. The van der Waals surface area contributed by atoms with Gasteiger partial charge in [-0.2, -0.15) is 0 Å². The number of rotatable bonds is 4. The lowest BCUT2D eigenvalue weighted by Crippen LogP contribution is -2.12. The summed E-state index contributed by atoms with van der Waals surface area (Å²) in [5.41, 5.74) is 2.43. The van der Waals surface area contributed by atoms with Gasteiger partial charge in [-0.25, -0.2) is 0 Å². The Balaban J connectivity index is 2.37. The Labute approximate surface area is 113 Å². The van der Waals surface area contributed by atoms with Gasteiger partial charge in [-0.15, -0.1) is 0 Å². The number of aromatic nitrogens is 1. The SMILES string of the molecule is COc1ccc(C)cc1C(=O)C(C)c1ccccn1. The number of benzene rings is 1. The number of carbonyl (C=O) groups is 1. The summed E-state index contributed by atoms with van der Waals surface area (Å²) in [5.74, 6) is 0.356. The molecule has 0 fully saturated rings. The lowest BCUT2D eigenvalue weighted by molar-refractivity contribution is 0.0961. The molecule has 0 saturated heterocycles. The van der Waals surface area contributed by atoms with Crippen molar-refractivity contribution >= 4 is 5.78 Å². The Morgan fingerprint density at radius 2 is 2.05 bits per heavy atom. The second-order valence-corrected chi connectivity index (χ2v) is 4.54. The van der Waals surface area contributed by atoms with E-state index in [0.717, 1.165) is 11.3 Å². The van der Waals surface area contributed by atoms with E-state index in [-0.39, 0.29) is 11.7 Å². The zero-order valence-corrected chi connectivity index (χ0v) is 11.4. The molecular weight excluding hydrogens is 238 g/mol. The summed E-state index contributed by atoms with van der Waals surface area (Å²) in [6.45, 7) is 3.83. The average Bonchev–Trinajstić information content (AvgIpc) is 2.46. The van der Waals surface area contributed by atoms with Crippen molar-refractivity contribution in [1.82, 2.24) is 4.98 Å². The number of ether oxygens (including phenoxy) is 1. The predicted molar refractivity (Wildman–Crippen MR) is 74.7 cm³/mol. The largest absolute Gasteiger partial charge is 0.496 e. The van der Waals surface area contributed by atoms with E-state index in [1.807, 2.05) is 50.2 Å². The summed E-state index contributed by atoms with van der Waals surface area (Å²) >= 11 is 0. The molecule has 0 N–H and O–H groups in total. The minimum atomic E-state index is -0.281. The number of Topliss-reactive ketones (excluding diaryl/α,β-unsaturated/α-hetero) is 1. The molecule has 0 amide bonds. The Hall–Kier alpha value is -2.16. The van der Waals surface area contributed by atoms with Gasteiger partial charge in [0.15, 0.2) is 5.78 Å². The maximum absolute atomic E-state index is 12.6. The molecule has 0 aliphatic rings. The quantitative estimate of drug-likeness (QED) is 0.786. The molecule has 1 aromatic carbocycles. The molecule has 0 aliphatic heterocycles. The molecule has 1 heterocycles. The lowest BCUT2D eigenvalue weighted by atomic mass is 9.94. The van der Waals surface area contributed by atoms with Gasteiger partial charge in [-0.3, -0.25) is 9.78 Å². The Kier molecular flexibility index (Phi) is 3.95. The van der Waals surface area contributed by atoms with E-state index in [1.165, 1.54) is 0 Å². The molecule has 19 heavy (non-hydrogen) atoms. The van der Waals surface area contributed by atoms with Crippen molar-refractivity contribution in [3.05, 3.63) is 59.4 Å². The van der Waals surface area contributed by atoms with Crippen LogP contribution in [0, 0.1) is 6.92 Å². The van der Waals surface area contributed by atoms with Gasteiger partial charge in [0.05, 0.1) is 24.3 Å². The summed E-state index contributed by atoms with van der Waals surface area (Å²) in [5, 5.41) is 0. The first-order valence-electron chi connectivity index (χ1n) is 6.23. The molecule has 0 saturated carbocycles. The molecule has 1 unspecified atom stereocenters. The van der Waals surface area contributed by atoms with Crippen LogP contribution in [0.25, 0.3) is 0 Å². The minimum Gasteiger partial charge on any atom is -0.496 e. The fourth-order valence-electron chi connectivity index (χ4n) is 2.01. The van der Waals surface area contributed by atoms with Crippen molar-refractivity contribution in [1.29, 1.82) is 0 Å². The summed E-state index contributed by atoms with van der Waals surface area (Å²) < 4.78 is 5.27. The molecule has 2 rings (SSSR count). The predicted octanol–water partition coefficient (Wildman–Crippen LogP) is 3.39. The Bertz CT molecular complexity index is 579. The third-order valence-corrected chi connectivity index (χ3v) is 3.15. The molecule has 98 valence electrons. The zero-order valence-electron chi connectivity index (χ0n) is 11.4. The van der Waals surface area contributed by atoms with Crippen molar-refractivity contribution in [2.45, 2.75) is 19.8 Å². The van der Waals surface area contributed by atoms with Crippen LogP contribution in [0.4, 0.5) is 0 Å². The number of hydrogen-bond donors (Lipinski definition) is 0. The summed E-state index contributed by atoms with van der Waals surface area (Å²) in [7, 11) is 1.58. The summed E-state index contributed by atoms with van der Waals surface area (Å²) in [6.07, 6.45) is 1.70. The first kappa shape index (κ1) is 13.3. The van der Waals surface area contributed by atoms with Crippen LogP contribution in [0.1, 0.15) is 34.5 Å². The van der Waals surface area contributed by atoms with E-state index >= 15 is 0 Å². The molecule has 0 bridgehead atoms. The van der Waals surface area contributed by atoms with E-state index in [0.29, 0.717) is 11.3 Å². The summed E-state index contributed by atoms with van der Waals surface area (Å²) in [6, 6.07) is 11.2. The molecular formula is C16H17NO2. The fourth-order valence-corrected chi connectivity index (χ4v) is 2.01. The third-order valence-electron chi connectivity index (χ3n) is 3.15. The van der Waals surface area contributed by atoms with E-state index in [2.05, 4.69) is 4.98 Å². The monoisotopic (exact) mass is 255 g/mol. The second kappa shape index (κ2) is 5.65. The highest BCUT2D eigenvalue weighted by Crippen LogP contribution is 2.26. The van der Waals surface area contributed by atoms with Gasteiger partial charge >= 0.3 is 0 Å². The van der Waals surface area contributed by atoms with Gasteiger partial charge < -0.3 is 4.74 Å². The zero-order chi connectivity index (χ0) is 13.8. The van der Waals surface area contributed by atoms with Crippen LogP contribution in [0.15, 0.2) is 42.6 Å². The van der Waals surface area contributed by atoms with E-state index in [9.17, 15) is 4.79 Å². The first-order chi connectivity index (χ1) is 9.13. The topological polar surface area (TPSA) is 39.2 Å². The fraction of sp³-hybridized carbons (Fsp3) is 0.250. The highest BCUT2D eigenvalue weighted by atomic mass is 16.5. The van der Waals surface area contributed by atoms with Gasteiger partial charge in [0.2, 0.25) is 0 Å². The molecule has 0 aliphatic carbocycles. The number of aryl methyl sites for hydroxylation is 1. The van der Waals surface area contributed by atoms with Crippen LogP contribution in [0.5, 0.6) is 5.75 Å². The van der Waals surface area contributed by atoms with Crippen molar-refractivity contribution in [2.75, 3.05) is 7.11 Å². The molecule has 0 radical (unpaired) electrons. The van der Waals surface area contributed by atoms with Crippen LogP contribution in [0.3, 0.4) is 0 Å². The molecule has 3 nitrogen and oxygen atoms in total. The molecule has 2 aromatic rings. The molecule has 1 aromatic heterocycles. The standard InChI is InChI=1S/C16H17NO2/c1-11-7-8-15(19-3)13(10-11)16(18)12(2)14-6-4-5-9-17-14/h4-10,12H,1-3H3. The number of carbonyl (C=O) groups excluding carboxylic acids is 1. The first-order valence-corrected chi connectivity index (χ1v) is 6.23. The highest BCUT2D eigenvalue weighted by molar-refractivity contribution is 6.02. The number of pyridine rings is 1. The Morgan fingerprint density at radius 3 is 2.68 bits per heavy atom. The maximum Gasteiger partial charge on any atom is 0.175 e. The maximum atomic E-state index is 12.6. The van der Waals surface area contributed by atoms with Gasteiger partial charge in [-0.05, 0) is 38.1 Å². The molecule has 0 spiro atoms. The Morgan fingerprint density at radius 1 is 1.26 bits per heavy atom. The van der Waals surface area contributed by atoms with Gasteiger partial charge in [-0.1, -0.05) is 17.7 Å². The number of ketones is 1. The van der Waals surface area contributed by atoms with Crippen molar-refractivity contribution < 1.29 is 9.53 Å². The average molecular weight is 255 g/mol. The van der Waals surface area contributed by atoms with E-state index < -0.39 is 0 Å². The van der Waals surface area contributed by atoms with Crippen LogP contribution in [0.2, 0.25) is 0 Å². The van der Waals surface area contributed by atoms with Crippen molar-refractivity contribution in [2.24, 2.45) is 0 Å². The lowest BCUT2D eigenvalue weighted by Gasteiger charge is -2.13. The van der Waals surface area contributed by atoms with Crippen molar-refractivity contribution in [3.63, 3.8) is 0 Å². The molecule has 3 heteroatoms. The van der Waals surface area contributed by atoms with Gasteiger partial charge in [0.25, 0.3) is 0 Å². The van der Waals surface area contributed by atoms with Gasteiger partial charge in [0.1, 0.15) is 5.75 Å². The minimum absolute atomic E-state index is 0.0271.